The Morgan fingerprint density at radius 3 is 2.35 bits per heavy atom. The number of nitrogens with one attached hydrogen (secondary N) is 2. The van der Waals surface area contributed by atoms with Crippen LogP contribution in [0.5, 0.6) is 11.5 Å². The highest BCUT2D eigenvalue weighted by atomic mass is 16.5. The van der Waals surface area contributed by atoms with E-state index in [4.69, 9.17) is 9.47 Å². The fourth-order valence-corrected chi connectivity index (χ4v) is 2.31. The predicted molar refractivity (Wildman–Crippen MR) is 91.3 cm³/mol. The Morgan fingerprint density at radius 2 is 1.74 bits per heavy atom. The van der Waals surface area contributed by atoms with Gasteiger partial charge in [-0.2, -0.15) is 0 Å². The topological polar surface area (TPSA) is 59.6 Å². The summed E-state index contributed by atoms with van der Waals surface area (Å²) in [4.78, 5) is 12.1. The van der Waals surface area contributed by atoms with Crippen molar-refractivity contribution in [1.29, 1.82) is 0 Å². The fraction of sp³-hybridized carbons (Fsp3) is 0.278. The maximum atomic E-state index is 12.1. The Kier molecular flexibility index (Phi) is 5.46. The largest absolute Gasteiger partial charge is 0.497 e. The summed E-state index contributed by atoms with van der Waals surface area (Å²) in [6.07, 6.45) is 0. The van der Waals surface area contributed by atoms with E-state index in [1.54, 1.807) is 38.5 Å². The van der Waals surface area contributed by atoms with Gasteiger partial charge in [0.05, 0.1) is 20.3 Å². The molecule has 0 saturated heterocycles. The molecular formula is C18H22N2O3. The summed E-state index contributed by atoms with van der Waals surface area (Å²) in [5.41, 5.74) is 2.76. The molecule has 2 aromatic rings. The van der Waals surface area contributed by atoms with Gasteiger partial charge >= 0.3 is 6.03 Å². The molecule has 5 heteroatoms. The first-order valence-electron chi connectivity index (χ1n) is 7.39. The van der Waals surface area contributed by atoms with Crippen molar-refractivity contribution in [2.75, 3.05) is 19.5 Å². The summed E-state index contributed by atoms with van der Waals surface area (Å²) in [7, 11) is 3.23. The number of amides is 2. The van der Waals surface area contributed by atoms with E-state index in [2.05, 4.69) is 10.6 Å². The molecule has 2 rings (SSSR count). The molecule has 0 fully saturated rings. The van der Waals surface area contributed by atoms with Gasteiger partial charge in [-0.15, -0.1) is 0 Å². The third kappa shape index (κ3) is 4.39. The van der Waals surface area contributed by atoms with Gasteiger partial charge in [-0.3, -0.25) is 0 Å². The molecule has 0 aliphatic carbocycles. The normalized spacial score (nSPS) is 11.5. The van der Waals surface area contributed by atoms with E-state index in [1.165, 1.54) is 0 Å². The zero-order valence-electron chi connectivity index (χ0n) is 13.8. The summed E-state index contributed by atoms with van der Waals surface area (Å²) in [5, 5.41) is 5.71. The molecule has 0 bridgehead atoms. The third-order valence-electron chi connectivity index (χ3n) is 3.55. The van der Waals surface area contributed by atoms with Crippen molar-refractivity contribution >= 4 is 11.7 Å². The van der Waals surface area contributed by atoms with Crippen LogP contribution in [0.25, 0.3) is 0 Å². The smallest absolute Gasteiger partial charge is 0.319 e. The van der Waals surface area contributed by atoms with Gasteiger partial charge in [-0.05, 0) is 44.2 Å². The summed E-state index contributed by atoms with van der Waals surface area (Å²) in [6, 6.07) is 12.6. The van der Waals surface area contributed by atoms with E-state index in [0.29, 0.717) is 5.69 Å². The number of benzene rings is 2. The molecule has 2 N–H and O–H groups in total. The molecule has 0 aliphatic heterocycles. The van der Waals surface area contributed by atoms with Gasteiger partial charge in [0.15, 0.2) is 0 Å². The number of ether oxygens (including phenoxy) is 2. The molecule has 23 heavy (non-hydrogen) atoms. The second-order valence-electron chi connectivity index (χ2n) is 5.29. The minimum atomic E-state index is -0.272. The van der Waals surface area contributed by atoms with Crippen LogP contribution in [-0.2, 0) is 0 Å². The van der Waals surface area contributed by atoms with Crippen molar-refractivity contribution < 1.29 is 14.3 Å². The molecule has 2 aromatic carbocycles. The average Bonchev–Trinajstić information content (AvgIpc) is 2.55. The Balaban J connectivity index is 2.03. The second-order valence-corrected chi connectivity index (χ2v) is 5.29. The minimum Gasteiger partial charge on any atom is -0.497 e. The molecule has 2 amide bonds. The lowest BCUT2D eigenvalue weighted by molar-refractivity contribution is 0.249. The number of urea groups is 1. The Hall–Kier alpha value is -2.69. The highest BCUT2D eigenvalue weighted by molar-refractivity contribution is 5.89. The second kappa shape index (κ2) is 7.54. The summed E-state index contributed by atoms with van der Waals surface area (Å²) >= 11 is 0. The first kappa shape index (κ1) is 16.7. The van der Waals surface area contributed by atoms with Gasteiger partial charge in [0.2, 0.25) is 0 Å². The number of hydrogen-bond acceptors (Lipinski definition) is 3. The van der Waals surface area contributed by atoms with Gasteiger partial charge in [-0.1, -0.05) is 17.7 Å². The van der Waals surface area contributed by atoms with E-state index in [1.807, 2.05) is 32.0 Å². The number of rotatable bonds is 5. The highest BCUT2D eigenvalue weighted by Gasteiger charge is 2.14. The van der Waals surface area contributed by atoms with Crippen molar-refractivity contribution in [3.05, 3.63) is 53.6 Å². The molecule has 0 aliphatic rings. The molecule has 1 unspecified atom stereocenters. The standard InChI is InChI=1S/C18H22N2O3/c1-12-5-10-17(23-4)16(11-12)13(2)19-18(21)20-14-6-8-15(22-3)9-7-14/h5-11,13H,1-4H3,(H2,19,20,21). The van der Waals surface area contributed by atoms with Crippen LogP contribution in [-0.4, -0.2) is 20.3 Å². The average molecular weight is 314 g/mol. The zero-order valence-corrected chi connectivity index (χ0v) is 13.8. The number of carbonyl (C=O) groups is 1. The molecule has 0 saturated carbocycles. The number of methoxy groups -OCH3 is 2. The number of anilines is 1. The molecule has 1 atom stereocenters. The van der Waals surface area contributed by atoms with Crippen LogP contribution in [0, 0.1) is 6.92 Å². The Bertz CT molecular complexity index is 668. The van der Waals surface area contributed by atoms with Crippen LogP contribution >= 0.6 is 0 Å². The van der Waals surface area contributed by atoms with Crippen LogP contribution in [0.2, 0.25) is 0 Å². The molecular weight excluding hydrogens is 292 g/mol. The number of carbonyl (C=O) groups excluding carboxylic acids is 1. The van der Waals surface area contributed by atoms with Crippen molar-refractivity contribution in [2.24, 2.45) is 0 Å². The number of hydrogen-bond donors (Lipinski definition) is 2. The number of aryl methyl sites for hydroxylation is 1. The van der Waals surface area contributed by atoms with Crippen molar-refractivity contribution in [3.63, 3.8) is 0 Å². The van der Waals surface area contributed by atoms with Crippen LogP contribution < -0.4 is 20.1 Å². The molecule has 0 spiro atoms. The third-order valence-corrected chi connectivity index (χ3v) is 3.55. The maximum absolute atomic E-state index is 12.1. The van der Waals surface area contributed by atoms with E-state index < -0.39 is 0 Å². The van der Waals surface area contributed by atoms with E-state index in [0.717, 1.165) is 22.6 Å². The summed E-state index contributed by atoms with van der Waals surface area (Å²) in [6.45, 7) is 3.93. The highest BCUT2D eigenvalue weighted by Crippen LogP contribution is 2.26. The molecule has 0 aromatic heterocycles. The van der Waals surface area contributed by atoms with Crippen LogP contribution in [0.4, 0.5) is 10.5 Å². The van der Waals surface area contributed by atoms with Gasteiger partial charge in [0.25, 0.3) is 0 Å². The first-order valence-corrected chi connectivity index (χ1v) is 7.39. The van der Waals surface area contributed by atoms with E-state index in [9.17, 15) is 4.79 Å². The molecule has 122 valence electrons. The van der Waals surface area contributed by atoms with Gasteiger partial charge < -0.3 is 20.1 Å². The SMILES string of the molecule is COc1ccc(NC(=O)NC(C)c2cc(C)ccc2OC)cc1. The van der Waals surface area contributed by atoms with Crippen LogP contribution in [0.3, 0.4) is 0 Å². The van der Waals surface area contributed by atoms with Gasteiger partial charge in [0.1, 0.15) is 11.5 Å². The van der Waals surface area contributed by atoms with Gasteiger partial charge in [0, 0.05) is 11.3 Å². The van der Waals surface area contributed by atoms with Crippen molar-refractivity contribution in [2.45, 2.75) is 19.9 Å². The minimum absolute atomic E-state index is 0.178. The molecule has 0 radical (unpaired) electrons. The molecule has 0 heterocycles. The van der Waals surface area contributed by atoms with Crippen molar-refractivity contribution in [1.82, 2.24) is 5.32 Å². The van der Waals surface area contributed by atoms with Gasteiger partial charge in [-0.25, -0.2) is 4.79 Å². The monoisotopic (exact) mass is 314 g/mol. The first-order chi connectivity index (χ1) is 11.0. The van der Waals surface area contributed by atoms with Crippen LogP contribution in [0.15, 0.2) is 42.5 Å². The van der Waals surface area contributed by atoms with E-state index in [-0.39, 0.29) is 12.1 Å². The van der Waals surface area contributed by atoms with Crippen LogP contribution in [0.1, 0.15) is 24.1 Å². The lowest BCUT2D eigenvalue weighted by Gasteiger charge is -2.18. The predicted octanol–water partition coefficient (Wildman–Crippen LogP) is 3.89. The van der Waals surface area contributed by atoms with Crippen molar-refractivity contribution in [3.8, 4) is 11.5 Å². The maximum Gasteiger partial charge on any atom is 0.319 e. The quantitative estimate of drug-likeness (QED) is 0.880. The summed E-state index contributed by atoms with van der Waals surface area (Å²) < 4.78 is 10.5. The summed E-state index contributed by atoms with van der Waals surface area (Å²) in [5.74, 6) is 1.50. The lowest BCUT2D eigenvalue weighted by Crippen LogP contribution is -2.31. The fourth-order valence-electron chi connectivity index (χ4n) is 2.31. The lowest BCUT2D eigenvalue weighted by atomic mass is 10.0. The zero-order chi connectivity index (χ0) is 16.8. The Morgan fingerprint density at radius 1 is 1.04 bits per heavy atom. The van der Waals surface area contributed by atoms with E-state index >= 15 is 0 Å². The Labute approximate surface area is 136 Å². The molecule has 5 nitrogen and oxygen atoms in total.